The maximum absolute atomic E-state index is 13.2. The summed E-state index contributed by atoms with van der Waals surface area (Å²) in [6.07, 6.45) is 1.48. The lowest BCUT2D eigenvalue weighted by Crippen LogP contribution is -2.39. The quantitative estimate of drug-likeness (QED) is 0.380. The molecule has 3 aromatic rings. The number of hydrogen-bond acceptors (Lipinski definition) is 4. The number of carbonyl (C=O) groups excluding carboxylic acids is 1. The van der Waals surface area contributed by atoms with Gasteiger partial charge >= 0.3 is 0 Å². The summed E-state index contributed by atoms with van der Waals surface area (Å²) in [5, 5.41) is 4.33. The number of sulfonamides is 1. The number of anilines is 1. The molecule has 0 heterocycles. The van der Waals surface area contributed by atoms with Crippen LogP contribution in [-0.4, -0.2) is 27.1 Å². The summed E-state index contributed by atoms with van der Waals surface area (Å²) >= 11 is 9.23. The van der Waals surface area contributed by atoms with Gasteiger partial charge < -0.3 is 0 Å². The molecule has 0 spiro atoms. The van der Waals surface area contributed by atoms with Crippen molar-refractivity contribution in [3.05, 3.63) is 93.9 Å². The number of halogens is 2. The standard InChI is InChI=1S/C21H17BrClN3O3S/c22-17-6-4-5-16(13-17)14-24-25-21(27)15-26(19-7-2-1-3-8-19)30(28,29)20-11-9-18(23)10-12-20/h1-14H,15H2,(H,25,27)/b24-14-. The monoisotopic (exact) mass is 505 g/mol. The summed E-state index contributed by atoms with van der Waals surface area (Å²) in [5.41, 5.74) is 3.51. The van der Waals surface area contributed by atoms with Crippen molar-refractivity contribution in [3.8, 4) is 0 Å². The van der Waals surface area contributed by atoms with Gasteiger partial charge in [-0.15, -0.1) is 0 Å². The molecule has 9 heteroatoms. The van der Waals surface area contributed by atoms with Gasteiger partial charge in [0.25, 0.3) is 15.9 Å². The van der Waals surface area contributed by atoms with E-state index in [4.69, 9.17) is 11.6 Å². The number of amides is 1. The normalized spacial score (nSPS) is 11.4. The molecule has 1 N–H and O–H groups in total. The van der Waals surface area contributed by atoms with E-state index in [-0.39, 0.29) is 4.90 Å². The third-order valence-corrected chi connectivity index (χ3v) is 6.52. The Morgan fingerprint density at radius 3 is 2.40 bits per heavy atom. The first-order valence-electron chi connectivity index (χ1n) is 8.77. The molecule has 154 valence electrons. The van der Waals surface area contributed by atoms with Crippen LogP contribution in [0.4, 0.5) is 5.69 Å². The van der Waals surface area contributed by atoms with Crippen molar-refractivity contribution >= 4 is 55.4 Å². The first-order chi connectivity index (χ1) is 14.4. The van der Waals surface area contributed by atoms with Crippen LogP contribution in [0, 0.1) is 0 Å². The topological polar surface area (TPSA) is 78.8 Å². The summed E-state index contributed by atoms with van der Waals surface area (Å²) < 4.78 is 28.2. The molecule has 0 aliphatic rings. The summed E-state index contributed by atoms with van der Waals surface area (Å²) in [7, 11) is -3.99. The summed E-state index contributed by atoms with van der Waals surface area (Å²) in [6.45, 7) is -0.440. The lowest BCUT2D eigenvalue weighted by Gasteiger charge is -2.23. The van der Waals surface area contributed by atoms with Crippen LogP contribution in [0.25, 0.3) is 0 Å². The van der Waals surface area contributed by atoms with E-state index in [0.717, 1.165) is 14.3 Å². The fraction of sp³-hybridized carbons (Fsp3) is 0.0476. The Balaban J connectivity index is 1.81. The zero-order chi connectivity index (χ0) is 21.6. The van der Waals surface area contributed by atoms with Crippen LogP contribution >= 0.6 is 27.5 Å². The summed E-state index contributed by atoms with van der Waals surface area (Å²) in [4.78, 5) is 12.5. The van der Waals surface area contributed by atoms with Gasteiger partial charge in [-0.25, -0.2) is 13.8 Å². The predicted octanol–water partition coefficient (Wildman–Crippen LogP) is 4.45. The van der Waals surface area contributed by atoms with E-state index in [9.17, 15) is 13.2 Å². The number of rotatable bonds is 7. The van der Waals surface area contributed by atoms with Gasteiger partial charge in [0.1, 0.15) is 6.54 Å². The second-order valence-corrected chi connectivity index (χ2v) is 9.36. The number of carbonyl (C=O) groups is 1. The number of nitrogens with one attached hydrogen (secondary N) is 1. The smallest absolute Gasteiger partial charge is 0.264 e. The van der Waals surface area contributed by atoms with Crippen LogP contribution in [0.15, 0.2) is 93.3 Å². The van der Waals surface area contributed by atoms with Crippen LogP contribution in [0.3, 0.4) is 0 Å². The minimum Gasteiger partial charge on any atom is -0.271 e. The van der Waals surface area contributed by atoms with Crippen LogP contribution < -0.4 is 9.73 Å². The molecule has 0 radical (unpaired) electrons. The van der Waals surface area contributed by atoms with E-state index >= 15 is 0 Å². The molecule has 0 unspecified atom stereocenters. The highest BCUT2D eigenvalue weighted by molar-refractivity contribution is 9.10. The minimum absolute atomic E-state index is 0.0289. The van der Waals surface area contributed by atoms with E-state index in [2.05, 4.69) is 26.5 Å². The van der Waals surface area contributed by atoms with Gasteiger partial charge in [0, 0.05) is 9.50 Å². The molecule has 0 bridgehead atoms. The van der Waals surface area contributed by atoms with E-state index in [0.29, 0.717) is 10.7 Å². The van der Waals surface area contributed by atoms with E-state index in [1.807, 2.05) is 24.3 Å². The van der Waals surface area contributed by atoms with Crippen molar-refractivity contribution in [2.75, 3.05) is 10.8 Å². The van der Waals surface area contributed by atoms with Gasteiger partial charge in [-0.3, -0.25) is 9.10 Å². The molecule has 0 saturated heterocycles. The second-order valence-electron chi connectivity index (χ2n) is 6.15. The van der Waals surface area contributed by atoms with Crippen molar-refractivity contribution in [2.24, 2.45) is 5.10 Å². The molecule has 0 saturated carbocycles. The zero-order valence-electron chi connectivity index (χ0n) is 15.6. The molecule has 0 aliphatic carbocycles. The van der Waals surface area contributed by atoms with Crippen LogP contribution in [-0.2, 0) is 14.8 Å². The maximum atomic E-state index is 13.2. The Kier molecular flexibility index (Phi) is 7.25. The van der Waals surface area contributed by atoms with Crippen molar-refractivity contribution in [3.63, 3.8) is 0 Å². The Bertz CT molecular complexity index is 1150. The average Bonchev–Trinajstić information content (AvgIpc) is 2.73. The van der Waals surface area contributed by atoms with Gasteiger partial charge in [0.15, 0.2) is 0 Å². The number of para-hydroxylation sites is 1. The molecule has 6 nitrogen and oxygen atoms in total. The fourth-order valence-electron chi connectivity index (χ4n) is 2.57. The van der Waals surface area contributed by atoms with Crippen LogP contribution in [0.2, 0.25) is 5.02 Å². The fourth-order valence-corrected chi connectivity index (χ4v) is 4.54. The largest absolute Gasteiger partial charge is 0.271 e. The number of nitrogens with zero attached hydrogens (tertiary/aromatic N) is 2. The molecule has 0 aromatic heterocycles. The van der Waals surface area contributed by atoms with E-state index < -0.39 is 22.5 Å². The lowest BCUT2D eigenvalue weighted by atomic mass is 10.2. The van der Waals surface area contributed by atoms with Gasteiger partial charge in [-0.2, -0.15) is 5.10 Å². The Morgan fingerprint density at radius 2 is 1.73 bits per heavy atom. The third kappa shape index (κ3) is 5.69. The molecule has 1 amide bonds. The highest BCUT2D eigenvalue weighted by Gasteiger charge is 2.27. The Labute approximate surface area is 188 Å². The number of hydrogen-bond donors (Lipinski definition) is 1. The van der Waals surface area contributed by atoms with Crippen molar-refractivity contribution in [1.29, 1.82) is 0 Å². The van der Waals surface area contributed by atoms with Gasteiger partial charge in [0.2, 0.25) is 0 Å². The van der Waals surface area contributed by atoms with Crippen molar-refractivity contribution < 1.29 is 13.2 Å². The zero-order valence-corrected chi connectivity index (χ0v) is 18.7. The summed E-state index contributed by atoms with van der Waals surface area (Å²) in [6, 6.07) is 21.5. The van der Waals surface area contributed by atoms with E-state index in [1.54, 1.807) is 30.3 Å². The second kappa shape index (κ2) is 9.88. The van der Waals surface area contributed by atoms with Crippen molar-refractivity contribution in [2.45, 2.75) is 4.90 Å². The molecule has 0 fully saturated rings. The molecule has 0 atom stereocenters. The molecule has 3 aromatic carbocycles. The van der Waals surface area contributed by atoms with Crippen molar-refractivity contribution in [1.82, 2.24) is 5.43 Å². The minimum atomic E-state index is -3.99. The first kappa shape index (κ1) is 22.0. The third-order valence-electron chi connectivity index (χ3n) is 3.98. The first-order valence-corrected chi connectivity index (χ1v) is 11.4. The van der Waals surface area contributed by atoms with Crippen LogP contribution in [0.1, 0.15) is 5.56 Å². The lowest BCUT2D eigenvalue weighted by molar-refractivity contribution is -0.119. The SMILES string of the molecule is O=C(CN(c1ccccc1)S(=O)(=O)c1ccc(Cl)cc1)N/N=C\c1cccc(Br)c1. The van der Waals surface area contributed by atoms with Gasteiger partial charge in [-0.05, 0) is 54.1 Å². The van der Waals surface area contributed by atoms with Crippen LogP contribution in [0.5, 0.6) is 0 Å². The van der Waals surface area contributed by atoms with Gasteiger partial charge in [0.05, 0.1) is 16.8 Å². The molecule has 0 aliphatic heterocycles. The van der Waals surface area contributed by atoms with Gasteiger partial charge in [-0.1, -0.05) is 57.9 Å². The summed E-state index contributed by atoms with van der Waals surface area (Å²) in [5.74, 6) is -0.581. The highest BCUT2D eigenvalue weighted by Crippen LogP contribution is 2.24. The number of hydrazone groups is 1. The average molecular weight is 507 g/mol. The molecular formula is C21H17BrClN3O3S. The highest BCUT2D eigenvalue weighted by atomic mass is 79.9. The maximum Gasteiger partial charge on any atom is 0.264 e. The molecule has 3 rings (SSSR count). The van der Waals surface area contributed by atoms with E-state index in [1.165, 1.54) is 30.5 Å². The molecular weight excluding hydrogens is 490 g/mol. The molecule has 30 heavy (non-hydrogen) atoms. The Hall–Kier alpha value is -2.68. The number of benzene rings is 3. The predicted molar refractivity (Wildman–Crippen MR) is 122 cm³/mol. The Morgan fingerprint density at radius 1 is 1.03 bits per heavy atom.